The molecule has 6 nitrogen and oxygen atoms in total. The number of hydrazine groups is 1. The number of rotatable bonds is 4. The van der Waals surface area contributed by atoms with E-state index in [9.17, 15) is 14.4 Å². The van der Waals surface area contributed by atoms with Crippen molar-refractivity contribution in [2.24, 2.45) is 5.92 Å². The summed E-state index contributed by atoms with van der Waals surface area (Å²) in [7, 11) is 0. The molecular formula is C24H23N3O3. The summed E-state index contributed by atoms with van der Waals surface area (Å²) >= 11 is 0. The second-order valence-electron chi connectivity index (χ2n) is 7.50. The molecule has 6 heteroatoms. The van der Waals surface area contributed by atoms with Crippen molar-refractivity contribution in [2.45, 2.75) is 19.4 Å². The molecule has 1 heterocycles. The number of amides is 3. The van der Waals surface area contributed by atoms with Crippen LogP contribution in [0.3, 0.4) is 0 Å². The molecule has 0 bridgehead atoms. The Morgan fingerprint density at radius 1 is 0.933 bits per heavy atom. The molecule has 1 saturated heterocycles. The van der Waals surface area contributed by atoms with Crippen LogP contribution >= 0.6 is 0 Å². The monoisotopic (exact) mass is 401 g/mol. The van der Waals surface area contributed by atoms with E-state index >= 15 is 0 Å². The minimum atomic E-state index is -0.503. The first kappa shape index (κ1) is 19.6. The van der Waals surface area contributed by atoms with Gasteiger partial charge < -0.3 is 4.90 Å². The van der Waals surface area contributed by atoms with Crippen LogP contribution in [0.5, 0.6) is 0 Å². The zero-order chi connectivity index (χ0) is 21.1. The van der Waals surface area contributed by atoms with Gasteiger partial charge >= 0.3 is 0 Å². The first-order valence-electron chi connectivity index (χ1n) is 9.97. The fraction of sp³-hybridized carbons (Fsp3) is 0.208. The molecular weight excluding hydrogens is 378 g/mol. The van der Waals surface area contributed by atoms with E-state index in [2.05, 4.69) is 10.9 Å². The number of nitrogens with zero attached hydrogens (tertiary/aromatic N) is 1. The molecule has 0 aliphatic carbocycles. The van der Waals surface area contributed by atoms with Crippen molar-refractivity contribution in [1.29, 1.82) is 0 Å². The molecule has 0 aromatic heterocycles. The summed E-state index contributed by atoms with van der Waals surface area (Å²) in [5, 5.41) is 1.76. The largest absolute Gasteiger partial charge is 0.335 e. The van der Waals surface area contributed by atoms with Gasteiger partial charge in [0.15, 0.2) is 0 Å². The molecule has 2 unspecified atom stereocenters. The molecule has 4 rings (SSSR count). The highest BCUT2D eigenvalue weighted by atomic mass is 16.2. The lowest BCUT2D eigenvalue weighted by atomic mass is 10.0. The first-order valence-corrected chi connectivity index (χ1v) is 9.97. The van der Waals surface area contributed by atoms with Crippen molar-refractivity contribution in [3.8, 4) is 0 Å². The van der Waals surface area contributed by atoms with Gasteiger partial charge in [-0.3, -0.25) is 25.2 Å². The average Bonchev–Trinajstić information content (AvgIpc) is 3.18. The van der Waals surface area contributed by atoms with Crippen molar-refractivity contribution in [2.75, 3.05) is 6.54 Å². The second kappa shape index (κ2) is 8.37. The lowest BCUT2D eigenvalue weighted by Gasteiger charge is -2.25. The number of hydrogen-bond acceptors (Lipinski definition) is 3. The Morgan fingerprint density at radius 2 is 1.63 bits per heavy atom. The van der Waals surface area contributed by atoms with Gasteiger partial charge in [0.25, 0.3) is 5.91 Å². The number of nitrogens with one attached hydrogen (secondary N) is 2. The average molecular weight is 401 g/mol. The van der Waals surface area contributed by atoms with E-state index in [1.165, 1.54) is 0 Å². The quantitative estimate of drug-likeness (QED) is 0.659. The maximum absolute atomic E-state index is 12.6. The van der Waals surface area contributed by atoms with Crippen LogP contribution in [0.15, 0.2) is 72.8 Å². The normalized spacial score (nSPS) is 17.0. The summed E-state index contributed by atoms with van der Waals surface area (Å²) in [6, 6.07) is 22.6. The fourth-order valence-corrected chi connectivity index (χ4v) is 3.90. The summed E-state index contributed by atoms with van der Waals surface area (Å²) in [6.45, 7) is 2.28. The third-order valence-electron chi connectivity index (χ3n) is 5.61. The van der Waals surface area contributed by atoms with Crippen molar-refractivity contribution >= 4 is 28.5 Å². The highest BCUT2D eigenvalue weighted by molar-refractivity contribution is 6.07. The van der Waals surface area contributed by atoms with Crippen LogP contribution in [-0.4, -0.2) is 29.2 Å². The number of benzene rings is 3. The minimum absolute atomic E-state index is 0.0631. The molecule has 3 amide bonds. The van der Waals surface area contributed by atoms with Crippen molar-refractivity contribution in [3.05, 3.63) is 83.9 Å². The van der Waals surface area contributed by atoms with E-state index in [4.69, 9.17) is 0 Å². The highest BCUT2D eigenvalue weighted by Gasteiger charge is 2.37. The number of hydrogen-bond donors (Lipinski definition) is 2. The lowest BCUT2D eigenvalue weighted by molar-refractivity contribution is -0.130. The Balaban J connectivity index is 1.38. The van der Waals surface area contributed by atoms with Crippen molar-refractivity contribution in [1.82, 2.24) is 15.8 Å². The number of carbonyl (C=O) groups is 3. The van der Waals surface area contributed by atoms with Crippen molar-refractivity contribution in [3.63, 3.8) is 0 Å². The Morgan fingerprint density at radius 3 is 2.43 bits per heavy atom. The van der Waals surface area contributed by atoms with Gasteiger partial charge in [-0.2, -0.15) is 0 Å². The smallest absolute Gasteiger partial charge is 0.270 e. The Bertz CT molecular complexity index is 1090. The molecule has 1 fully saturated rings. The molecule has 2 atom stereocenters. The molecule has 2 N–H and O–H groups in total. The van der Waals surface area contributed by atoms with E-state index in [0.717, 1.165) is 16.3 Å². The lowest BCUT2D eigenvalue weighted by Crippen LogP contribution is -2.45. The summed E-state index contributed by atoms with van der Waals surface area (Å²) in [5.41, 5.74) is 6.49. The van der Waals surface area contributed by atoms with Gasteiger partial charge in [0.1, 0.15) is 0 Å². The van der Waals surface area contributed by atoms with Crippen LogP contribution in [0.1, 0.15) is 35.3 Å². The first-order chi connectivity index (χ1) is 14.5. The van der Waals surface area contributed by atoms with Crippen molar-refractivity contribution < 1.29 is 14.4 Å². The predicted molar refractivity (Wildman–Crippen MR) is 114 cm³/mol. The SMILES string of the molecule is CC(c1ccccc1)N1CC(C(=O)NNC(=O)c2cccc3ccccc23)CC1=O. The molecule has 3 aromatic carbocycles. The Hall–Kier alpha value is -3.67. The summed E-state index contributed by atoms with van der Waals surface area (Å²) in [6.07, 6.45) is 0.132. The van der Waals surface area contributed by atoms with Gasteiger partial charge in [-0.15, -0.1) is 0 Å². The standard InChI is InChI=1S/C24H23N3O3/c1-16(17-8-3-2-4-9-17)27-15-19(14-22(27)28)23(29)25-26-24(30)21-13-7-11-18-10-5-6-12-20(18)21/h2-13,16,19H,14-15H2,1H3,(H,25,29)(H,26,30). The van der Waals surface area contributed by atoms with Gasteiger partial charge in [0, 0.05) is 18.5 Å². The molecule has 1 aliphatic rings. The molecule has 152 valence electrons. The third-order valence-corrected chi connectivity index (χ3v) is 5.61. The van der Waals surface area contributed by atoms with E-state index in [1.807, 2.05) is 67.6 Å². The topological polar surface area (TPSA) is 78.5 Å². The van der Waals surface area contributed by atoms with Crippen LogP contribution in [0.25, 0.3) is 10.8 Å². The third kappa shape index (κ3) is 3.89. The molecule has 0 spiro atoms. The zero-order valence-corrected chi connectivity index (χ0v) is 16.7. The van der Waals surface area contributed by atoms with Crippen LogP contribution < -0.4 is 10.9 Å². The van der Waals surface area contributed by atoms with Crippen LogP contribution in [-0.2, 0) is 9.59 Å². The van der Waals surface area contributed by atoms with E-state index in [-0.39, 0.29) is 30.2 Å². The summed E-state index contributed by atoms with van der Waals surface area (Å²) < 4.78 is 0. The zero-order valence-electron chi connectivity index (χ0n) is 16.7. The fourth-order valence-electron chi connectivity index (χ4n) is 3.90. The van der Waals surface area contributed by atoms with Gasteiger partial charge in [0.2, 0.25) is 11.8 Å². The number of carbonyl (C=O) groups excluding carboxylic acids is 3. The maximum atomic E-state index is 12.6. The predicted octanol–water partition coefficient (Wildman–Crippen LogP) is 3.21. The Kier molecular flexibility index (Phi) is 5.48. The molecule has 30 heavy (non-hydrogen) atoms. The van der Waals surface area contributed by atoms with E-state index in [1.54, 1.807) is 17.0 Å². The molecule has 0 saturated carbocycles. The van der Waals surface area contributed by atoms with Crippen LogP contribution in [0.4, 0.5) is 0 Å². The second-order valence-corrected chi connectivity index (χ2v) is 7.50. The van der Waals surface area contributed by atoms with Crippen LogP contribution in [0.2, 0.25) is 0 Å². The maximum Gasteiger partial charge on any atom is 0.270 e. The molecule has 0 radical (unpaired) electrons. The van der Waals surface area contributed by atoms with Gasteiger partial charge in [0.05, 0.1) is 12.0 Å². The number of fused-ring (bicyclic) bond motifs is 1. The minimum Gasteiger partial charge on any atom is -0.335 e. The summed E-state index contributed by atoms with van der Waals surface area (Å²) in [4.78, 5) is 39.4. The summed E-state index contributed by atoms with van der Waals surface area (Å²) in [5.74, 6) is -1.32. The number of likely N-dealkylation sites (tertiary alicyclic amines) is 1. The van der Waals surface area contributed by atoms with Gasteiger partial charge in [-0.25, -0.2) is 0 Å². The molecule has 3 aromatic rings. The van der Waals surface area contributed by atoms with E-state index in [0.29, 0.717) is 12.1 Å². The van der Waals surface area contributed by atoms with E-state index < -0.39 is 5.92 Å². The van der Waals surface area contributed by atoms with Gasteiger partial charge in [-0.05, 0) is 29.3 Å². The van der Waals surface area contributed by atoms with Gasteiger partial charge in [-0.1, -0.05) is 66.7 Å². The highest BCUT2D eigenvalue weighted by Crippen LogP contribution is 2.28. The van der Waals surface area contributed by atoms with Crippen LogP contribution in [0, 0.1) is 5.92 Å². The molecule has 1 aliphatic heterocycles. The Labute approximate surface area is 174 Å².